The molecule has 0 heterocycles. The molecule has 1 aromatic carbocycles. The molecule has 0 unspecified atom stereocenters. The molecule has 3 amide bonds. The minimum atomic E-state index is -3.77. The molecule has 1 fully saturated rings. The Hall–Kier alpha value is -3.72. The molecule has 1 saturated carbocycles. The topological polar surface area (TPSA) is 195 Å². The smallest absolute Gasteiger partial charge is 0.329 e. The summed E-state index contributed by atoms with van der Waals surface area (Å²) in [7, 11) is -3.77. The molecule has 0 aliphatic heterocycles. The monoisotopic (exact) mass is 780 g/mol. The van der Waals surface area contributed by atoms with Crippen molar-refractivity contribution in [2.75, 3.05) is 19.3 Å². The van der Waals surface area contributed by atoms with Crippen LogP contribution in [-0.2, 0) is 49.9 Å². The quantitative estimate of drug-likeness (QED) is 0.0851. The fourth-order valence-electron chi connectivity index (χ4n) is 6.32. The van der Waals surface area contributed by atoms with E-state index in [9.17, 15) is 32.4 Å². The van der Waals surface area contributed by atoms with Gasteiger partial charge in [0.25, 0.3) is 0 Å². The van der Waals surface area contributed by atoms with Crippen LogP contribution < -0.4 is 25.4 Å². The minimum absolute atomic E-state index is 0.0233. The van der Waals surface area contributed by atoms with Gasteiger partial charge in [0, 0.05) is 19.5 Å². The van der Waals surface area contributed by atoms with E-state index < -0.39 is 74.0 Å². The maximum absolute atomic E-state index is 14.4. The van der Waals surface area contributed by atoms with Gasteiger partial charge in [-0.1, -0.05) is 25.0 Å². The molecule has 0 bridgehead atoms. The highest BCUT2D eigenvalue weighted by Crippen LogP contribution is 2.44. The van der Waals surface area contributed by atoms with Crippen LogP contribution >= 0.6 is 0 Å². The van der Waals surface area contributed by atoms with E-state index in [0.29, 0.717) is 57.2 Å². The van der Waals surface area contributed by atoms with Gasteiger partial charge in [-0.15, -0.1) is 0 Å². The fraction of sp³-hybridized carbons (Fsp3) is 0.718. The third-order valence-corrected chi connectivity index (χ3v) is 9.26. The molecule has 1 aliphatic rings. The van der Waals surface area contributed by atoms with Crippen molar-refractivity contribution in [2.45, 2.75) is 149 Å². The number of esters is 2. The van der Waals surface area contributed by atoms with Gasteiger partial charge < -0.3 is 30.2 Å². The first-order chi connectivity index (χ1) is 24.8. The summed E-state index contributed by atoms with van der Waals surface area (Å²) in [5.41, 5.74) is -2.36. The first-order valence-corrected chi connectivity index (χ1v) is 20.7. The van der Waals surface area contributed by atoms with Gasteiger partial charge in [0.15, 0.2) is 0 Å². The van der Waals surface area contributed by atoms with Crippen molar-refractivity contribution in [1.82, 2.24) is 20.7 Å². The van der Waals surface area contributed by atoms with Crippen LogP contribution in [-0.4, -0.2) is 86.8 Å². The number of rotatable bonds is 20. The Labute approximate surface area is 322 Å². The van der Waals surface area contributed by atoms with Gasteiger partial charge in [0.05, 0.1) is 17.6 Å². The maximum Gasteiger partial charge on any atom is 0.329 e. The zero-order chi connectivity index (χ0) is 41.0. The third kappa shape index (κ3) is 17.6. The number of carbonyl (C=O) groups excluding carboxylic acids is 5. The van der Waals surface area contributed by atoms with E-state index in [0.717, 1.165) is 11.8 Å². The standard InChI is InChI=1S/C39H64N4O10S/c1-36(2,3)51-29-18-16-27(17-19-29)23-31(34(47)53-38(7,8)9)42-35(48)39(20-12-13-21-39)24-28(33(46)52-37(4,5)6)25-41-32(45)30(43-54(10,49)50)15-11-14-22-40-26-44/h16-19,26,28,30-31,43H,11-15,20-25H2,1-10H3,(H,40,44)(H,41,45)(H,42,48)/t28-,30-,31-/m0/s1. The Morgan fingerprint density at radius 2 is 1.41 bits per heavy atom. The van der Waals surface area contributed by atoms with Crippen LogP contribution in [0.4, 0.5) is 0 Å². The van der Waals surface area contributed by atoms with E-state index in [2.05, 4.69) is 20.7 Å². The second kappa shape index (κ2) is 19.7. The summed E-state index contributed by atoms with van der Waals surface area (Å²) in [5.74, 6) is -2.55. The van der Waals surface area contributed by atoms with Gasteiger partial charge in [-0.05, 0) is 119 Å². The van der Waals surface area contributed by atoms with Gasteiger partial charge in [-0.2, -0.15) is 0 Å². The summed E-state index contributed by atoms with van der Waals surface area (Å²) in [5, 5.41) is 8.24. The van der Waals surface area contributed by atoms with Crippen molar-refractivity contribution in [3.8, 4) is 5.75 Å². The second-order valence-corrected chi connectivity index (χ2v) is 19.1. The number of carbonyl (C=O) groups is 5. The number of ether oxygens (including phenoxy) is 3. The van der Waals surface area contributed by atoms with Crippen LogP contribution in [0.1, 0.15) is 119 Å². The van der Waals surface area contributed by atoms with Gasteiger partial charge >= 0.3 is 11.9 Å². The molecule has 4 N–H and O–H groups in total. The van der Waals surface area contributed by atoms with Gasteiger partial charge in [-0.3, -0.25) is 19.2 Å². The average Bonchev–Trinajstić information content (AvgIpc) is 3.49. The lowest BCUT2D eigenvalue weighted by molar-refractivity contribution is -0.163. The zero-order valence-electron chi connectivity index (χ0n) is 33.9. The van der Waals surface area contributed by atoms with Crippen molar-refractivity contribution in [1.29, 1.82) is 0 Å². The van der Waals surface area contributed by atoms with E-state index in [1.165, 1.54) is 0 Å². The Kier molecular flexibility index (Phi) is 17.0. The Morgan fingerprint density at radius 3 is 1.93 bits per heavy atom. The SMILES string of the molecule is CC(C)(C)OC(=O)[C@H](CNC(=O)[C@H](CCCCNC=O)NS(C)(=O)=O)CC1(C(=O)N[C@@H](Cc2ccc(OC(C)(C)C)cc2)C(=O)OC(C)(C)C)CCCC1. The maximum atomic E-state index is 14.4. The van der Waals surface area contributed by atoms with Gasteiger partial charge in [0.2, 0.25) is 28.2 Å². The molecule has 54 heavy (non-hydrogen) atoms. The van der Waals surface area contributed by atoms with Crippen molar-refractivity contribution >= 4 is 40.2 Å². The second-order valence-electron chi connectivity index (χ2n) is 17.3. The van der Waals surface area contributed by atoms with Crippen LogP contribution in [0, 0.1) is 11.3 Å². The number of unbranched alkanes of at least 4 members (excludes halogenated alkanes) is 1. The zero-order valence-corrected chi connectivity index (χ0v) is 34.7. The molecule has 1 aliphatic carbocycles. The van der Waals surface area contributed by atoms with Crippen molar-refractivity contribution < 1.29 is 46.6 Å². The van der Waals surface area contributed by atoms with E-state index in [4.69, 9.17) is 14.2 Å². The van der Waals surface area contributed by atoms with E-state index in [-0.39, 0.29) is 25.8 Å². The number of nitrogens with one attached hydrogen (secondary N) is 4. The Morgan fingerprint density at radius 1 is 0.833 bits per heavy atom. The molecule has 0 spiro atoms. The van der Waals surface area contributed by atoms with Crippen LogP contribution in [0.5, 0.6) is 5.75 Å². The molecule has 306 valence electrons. The minimum Gasteiger partial charge on any atom is -0.488 e. The normalized spacial score (nSPS) is 16.3. The summed E-state index contributed by atoms with van der Waals surface area (Å²) in [6, 6.07) is 5.15. The molecular formula is C39H64N4O10S. The van der Waals surface area contributed by atoms with Gasteiger partial charge in [-0.25, -0.2) is 17.9 Å². The summed E-state index contributed by atoms with van der Waals surface area (Å²) in [6.07, 6.45) is 5.12. The molecule has 3 atom stereocenters. The van der Waals surface area contributed by atoms with Gasteiger partial charge in [0.1, 0.15) is 34.6 Å². The van der Waals surface area contributed by atoms with Crippen molar-refractivity contribution in [2.24, 2.45) is 11.3 Å². The number of amides is 3. The molecule has 15 heteroatoms. The Balaban J connectivity index is 2.37. The summed E-state index contributed by atoms with van der Waals surface area (Å²) >= 11 is 0. The lowest BCUT2D eigenvalue weighted by atomic mass is 9.76. The lowest BCUT2D eigenvalue weighted by Gasteiger charge is -2.34. The highest BCUT2D eigenvalue weighted by molar-refractivity contribution is 7.88. The van der Waals surface area contributed by atoms with E-state index in [1.54, 1.807) is 41.5 Å². The molecule has 0 aromatic heterocycles. The highest BCUT2D eigenvalue weighted by atomic mass is 32.2. The predicted octanol–water partition coefficient (Wildman–Crippen LogP) is 4.09. The number of hydrogen-bond acceptors (Lipinski definition) is 10. The van der Waals surface area contributed by atoms with E-state index >= 15 is 0 Å². The first-order valence-electron chi connectivity index (χ1n) is 18.8. The molecule has 2 rings (SSSR count). The van der Waals surface area contributed by atoms with Crippen LogP contribution in [0.15, 0.2) is 24.3 Å². The molecule has 1 aromatic rings. The summed E-state index contributed by atoms with van der Waals surface area (Å²) in [6.45, 7) is 16.4. The highest BCUT2D eigenvalue weighted by Gasteiger charge is 2.46. The summed E-state index contributed by atoms with van der Waals surface area (Å²) in [4.78, 5) is 65.7. The fourth-order valence-corrected chi connectivity index (χ4v) is 7.06. The first kappa shape index (κ1) is 46.4. The summed E-state index contributed by atoms with van der Waals surface area (Å²) < 4.78 is 44.0. The van der Waals surface area contributed by atoms with Crippen molar-refractivity contribution in [3.63, 3.8) is 0 Å². The molecular weight excluding hydrogens is 717 g/mol. The lowest BCUT2D eigenvalue weighted by Crippen LogP contribution is -2.52. The Bertz CT molecular complexity index is 1520. The molecule has 0 saturated heterocycles. The van der Waals surface area contributed by atoms with E-state index in [1.807, 2.05) is 45.0 Å². The number of hydrogen-bond donors (Lipinski definition) is 4. The van der Waals surface area contributed by atoms with Crippen LogP contribution in [0.2, 0.25) is 0 Å². The molecule has 14 nitrogen and oxygen atoms in total. The van der Waals surface area contributed by atoms with Crippen LogP contribution in [0.3, 0.4) is 0 Å². The average molecular weight is 781 g/mol. The number of benzene rings is 1. The van der Waals surface area contributed by atoms with Crippen molar-refractivity contribution in [3.05, 3.63) is 29.8 Å². The largest absolute Gasteiger partial charge is 0.488 e. The third-order valence-electron chi connectivity index (χ3n) is 8.55. The predicted molar refractivity (Wildman–Crippen MR) is 206 cm³/mol. The molecule has 0 radical (unpaired) electrons. The number of sulfonamides is 1. The van der Waals surface area contributed by atoms with Crippen LogP contribution in [0.25, 0.3) is 0 Å².